The van der Waals surface area contributed by atoms with Crippen LogP contribution < -0.4 is 9.47 Å². The summed E-state index contributed by atoms with van der Waals surface area (Å²) in [4.78, 5) is 26.8. The van der Waals surface area contributed by atoms with Crippen LogP contribution in [0.2, 0.25) is 0 Å². The van der Waals surface area contributed by atoms with Crippen LogP contribution in [-0.4, -0.2) is 35.3 Å². The Balaban J connectivity index is 1.38. The molecular formula is C26H25NO4S. The molecule has 0 aromatic heterocycles. The second-order valence-electron chi connectivity index (χ2n) is 7.56. The molecule has 4 rings (SSSR count). The molecule has 5 nitrogen and oxygen atoms in total. The lowest BCUT2D eigenvalue weighted by Gasteiger charge is -2.14. The number of hydrogen-bond acceptors (Lipinski definition) is 5. The second kappa shape index (κ2) is 9.92. The van der Waals surface area contributed by atoms with Gasteiger partial charge in [0.15, 0.2) is 0 Å². The molecule has 0 radical (unpaired) electrons. The summed E-state index contributed by atoms with van der Waals surface area (Å²) in [5, 5.41) is 1.81. The van der Waals surface area contributed by atoms with Crippen molar-refractivity contribution in [2.45, 2.75) is 26.4 Å². The molecule has 164 valence electrons. The summed E-state index contributed by atoms with van der Waals surface area (Å²) in [6, 6.07) is 21.3. The van der Waals surface area contributed by atoms with E-state index in [-0.39, 0.29) is 30.4 Å². The average Bonchev–Trinajstić information content (AvgIpc) is 3.07. The van der Waals surface area contributed by atoms with Gasteiger partial charge in [0.25, 0.3) is 11.1 Å². The average molecular weight is 448 g/mol. The van der Waals surface area contributed by atoms with Crippen LogP contribution in [0.15, 0.2) is 71.6 Å². The second-order valence-corrected chi connectivity index (χ2v) is 8.56. The first-order valence-electron chi connectivity index (χ1n) is 10.7. The molecule has 1 saturated heterocycles. The van der Waals surface area contributed by atoms with Gasteiger partial charge in [-0.2, -0.15) is 0 Å². The molecule has 3 aromatic rings. The van der Waals surface area contributed by atoms with Crippen LogP contribution in [0.1, 0.15) is 25.8 Å². The number of fused-ring (bicyclic) bond motifs is 1. The van der Waals surface area contributed by atoms with Gasteiger partial charge in [0.05, 0.1) is 17.6 Å². The Morgan fingerprint density at radius 1 is 1.00 bits per heavy atom. The zero-order chi connectivity index (χ0) is 22.5. The third-order valence-corrected chi connectivity index (χ3v) is 6.19. The van der Waals surface area contributed by atoms with Crippen LogP contribution in [0.25, 0.3) is 16.8 Å². The van der Waals surface area contributed by atoms with Gasteiger partial charge in [-0.25, -0.2) is 0 Å². The fourth-order valence-corrected chi connectivity index (χ4v) is 4.24. The topological polar surface area (TPSA) is 55.8 Å². The predicted octanol–water partition coefficient (Wildman–Crippen LogP) is 6.13. The summed E-state index contributed by atoms with van der Waals surface area (Å²) in [5.74, 6) is 1.24. The molecule has 2 amide bonds. The largest absolute Gasteiger partial charge is 0.491 e. The van der Waals surface area contributed by atoms with E-state index in [0.717, 1.165) is 46.0 Å². The first-order chi connectivity index (χ1) is 15.5. The zero-order valence-electron chi connectivity index (χ0n) is 18.1. The lowest BCUT2D eigenvalue weighted by Crippen LogP contribution is -2.32. The predicted molar refractivity (Wildman–Crippen MR) is 129 cm³/mol. The van der Waals surface area contributed by atoms with E-state index in [1.165, 1.54) is 4.90 Å². The van der Waals surface area contributed by atoms with E-state index in [1.807, 2.05) is 73.7 Å². The highest BCUT2D eigenvalue weighted by atomic mass is 32.2. The van der Waals surface area contributed by atoms with Crippen molar-refractivity contribution in [2.75, 3.05) is 13.2 Å². The number of amides is 2. The highest BCUT2D eigenvalue weighted by Crippen LogP contribution is 2.32. The van der Waals surface area contributed by atoms with Crippen molar-refractivity contribution in [3.05, 3.63) is 77.2 Å². The summed E-state index contributed by atoms with van der Waals surface area (Å²) in [6.45, 7) is 4.53. The van der Waals surface area contributed by atoms with Crippen molar-refractivity contribution in [3.63, 3.8) is 0 Å². The summed E-state index contributed by atoms with van der Waals surface area (Å²) >= 11 is 0.956. The lowest BCUT2D eigenvalue weighted by atomic mass is 10.1. The number of carbonyl (C=O) groups is 2. The summed E-state index contributed by atoms with van der Waals surface area (Å²) in [5.41, 5.74) is 0.846. The fraction of sp³-hybridized carbons (Fsp3) is 0.231. The maximum Gasteiger partial charge on any atom is 0.293 e. The Bertz CT molecular complexity index is 1150. The van der Waals surface area contributed by atoms with Gasteiger partial charge < -0.3 is 9.47 Å². The molecule has 1 fully saturated rings. The van der Waals surface area contributed by atoms with Gasteiger partial charge in [0, 0.05) is 5.39 Å². The van der Waals surface area contributed by atoms with Crippen molar-refractivity contribution >= 4 is 39.8 Å². The van der Waals surface area contributed by atoms with E-state index in [4.69, 9.17) is 9.47 Å². The number of nitrogens with zero attached hydrogens (tertiary/aromatic N) is 1. The van der Waals surface area contributed by atoms with Gasteiger partial charge in [-0.15, -0.1) is 0 Å². The highest BCUT2D eigenvalue weighted by Gasteiger charge is 2.34. The molecule has 0 saturated carbocycles. The molecule has 0 bridgehead atoms. The van der Waals surface area contributed by atoms with Crippen LogP contribution in [0.5, 0.6) is 11.5 Å². The minimum Gasteiger partial charge on any atom is -0.491 e. The molecule has 1 aliphatic heterocycles. The standard InChI is InChI=1S/C26H25NO4S/c1-3-18(2)31-21-13-11-19(12-14-21)17-24-25(28)27(26(29)32-24)15-16-30-23-10-6-8-20-7-4-5-9-22(20)23/h4-14,17-18H,3,15-16H2,1-2H3/b24-17-. The number of imide groups is 1. The summed E-state index contributed by atoms with van der Waals surface area (Å²) in [6.07, 6.45) is 2.82. The Kier molecular flexibility index (Phi) is 6.81. The highest BCUT2D eigenvalue weighted by molar-refractivity contribution is 8.18. The molecular weight excluding hydrogens is 422 g/mol. The van der Waals surface area contributed by atoms with Crippen molar-refractivity contribution < 1.29 is 19.1 Å². The van der Waals surface area contributed by atoms with E-state index < -0.39 is 0 Å². The number of benzene rings is 3. The number of ether oxygens (including phenoxy) is 2. The Labute approximate surface area is 192 Å². The molecule has 3 aromatic carbocycles. The number of hydrogen-bond donors (Lipinski definition) is 0. The van der Waals surface area contributed by atoms with Gasteiger partial charge in [-0.05, 0) is 60.3 Å². The quantitative estimate of drug-likeness (QED) is 0.389. The molecule has 0 aliphatic carbocycles. The van der Waals surface area contributed by atoms with Gasteiger partial charge in [0.2, 0.25) is 0 Å². The van der Waals surface area contributed by atoms with Crippen LogP contribution in [-0.2, 0) is 4.79 Å². The zero-order valence-corrected chi connectivity index (χ0v) is 18.9. The molecule has 1 atom stereocenters. The monoisotopic (exact) mass is 447 g/mol. The van der Waals surface area contributed by atoms with E-state index in [0.29, 0.717) is 4.91 Å². The van der Waals surface area contributed by atoms with Crippen molar-refractivity contribution in [1.29, 1.82) is 0 Å². The van der Waals surface area contributed by atoms with Crippen molar-refractivity contribution in [3.8, 4) is 11.5 Å². The molecule has 1 aliphatic rings. The maximum absolute atomic E-state index is 12.8. The van der Waals surface area contributed by atoms with Crippen LogP contribution >= 0.6 is 11.8 Å². The lowest BCUT2D eigenvalue weighted by molar-refractivity contribution is -0.123. The molecule has 0 spiro atoms. The molecule has 0 N–H and O–H groups in total. The molecule has 1 unspecified atom stereocenters. The van der Waals surface area contributed by atoms with Crippen molar-refractivity contribution in [2.24, 2.45) is 0 Å². The Morgan fingerprint density at radius 2 is 1.75 bits per heavy atom. The number of carbonyl (C=O) groups excluding carboxylic acids is 2. The SMILES string of the molecule is CCC(C)Oc1ccc(/C=C2\SC(=O)N(CCOc3cccc4ccccc34)C2=O)cc1. The van der Waals surface area contributed by atoms with Crippen LogP contribution in [0, 0.1) is 0 Å². The van der Waals surface area contributed by atoms with Gasteiger partial charge in [0.1, 0.15) is 18.1 Å². The molecule has 32 heavy (non-hydrogen) atoms. The van der Waals surface area contributed by atoms with Gasteiger partial charge in [-0.1, -0.05) is 55.5 Å². The van der Waals surface area contributed by atoms with E-state index in [9.17, 15) is 9.59 Å². The molecule has 1 heterocycles. The smallest absolute Gasteiger partial charge is 0.293 e. The normalized spacial score (nSPS) is 16.1. The summed E-state index contributed by atoms with van der Waals surface area (Å²) in [7, 11) is 0. The minimum absolute atomic E-state index is 0.147. The third-order valence-electron chi connectivity index (χ3n) is 5.29. The first-order valence-corrected chi connectivity index (χ1v) is 11.5. The van der Waals surface area contributed by atoms with E-state index >= 15 is 0 Å². The molecule has 6 heteroatoms. The number of rotatable bonds is 8. The van der Waals surface area contributed by atoms with Gasteiger partial charge >= 0.3 is 0 Å². The minimum atomic E-state index is -0.290. The van der Waals surface area contributed by atoms with Crippen LogP contribution in [0.4, 0.5) is 4.79 Å². The Morgan fingerprint density at radius 3 is 2.53 bits per heavy atom. The van der Waals surface area contributed by atoms with E-state index in [2.05, 4.69) is 6.92 Å². The fourth-order valence-electron chi connectivity index (χ4n) is 3.37. The summed E-state index contributed by atoms with van der Waals surface area (Å²) < 4.78 is 11.7. The third kappa shape index (κ3) is 4.97. The van der Waals surface area contributed by atoms with Gasteiger partial charge in [-0.3, -0.25) is 14.5 Å². The number of thioether (sulfide) groups is 1. The van der Waals surface area contributed by atoms with Crippen molar-refractivity contribution in [1.82, 2.24) is 4.90 Å². The first kappa shape index (κ1) is 22.0. The maximum atomic E-state index is 12.8. The van der Waals surface area contributed by atoms with E-state index in [1.54, 1.807) is 6.08 Å². The Hall–Kier alpha value is -3.25. The van der Waals surface area contributed by atoms with Crippen LogP contribution in [0.3, 0.4) is 0 Å².